The van der Waals surface area contributed by atoms with E-state index in [1.807, 2.05) is 13.8 Å². The second-order valence-electron chi connectivity index (χ2n) is 5.76. The van der Waals surface area contributed by atoms with Crippen LogP contribution in [0.5, 0.6) is 0 Å². The first-order valence-electron chi connectivity index (χ1n) is 7.89. The first-order chi connectivity index (χ1) is 10.3. The van der Waals surface area contributed by atoms with Gasteiger partial charge in [-0.25, -0.2) is 0 Å². The molecular weight excluding hydrogens is 383 g/mol. The zero-order valence-corrected chi connectivity index (χ0v) is 17.3. The van der Waals surface area contributed by atoms with Gasteiger partial charge in [0.15, 0.2) is 0 Å². The SMILES string of the molecule is C=CC(=O)NCCC[N+](C)(C)CCCP(=O)(OCC)OCC.[Br-]. The normalized spacial score (nSPS) is 11.7. The van der Waals surface area contributed by atoms with Gasteiger partial charge < -0.3 is 35.8 Å². The zero-order chi connectivity index (χ0) is 17.1. The lowest BCUT2D eigenvalue weighted by Crippen LogP contribution is -3.00. The molecule has 0 atom stereocenters. The predicted molar refractivity (Wildman–Crippen MR) is 90.0 cm³/mol. The fourth-order valence-electron chi connectivity index (χ4n) is 2.15. The van der Waals surface area contributed by atoms with E-state index in [1.165, 1.54) is 6.08 Å². The maximum atomic E-state index is 12.4. The van der Waals surface area contributed by atoms with Crippen molar-refractivity contribution in [2.24, 2.45) is 0 Å². The molecule has 0 aliphatic carbocycles. The molecule has 0 radical (unpaired) electrons. The second-order valence-corrected chi connectivity index (χ2v) is 7.94. The Bertz CT molecular complexity index is 382. The summed E-state index contributed by atoms with van der Waals surface area (Å²) in [6.07, 6.45) is 3.40. The minimum atomic E-state index is -2.93. The number of rotatable bonds is 13. The van der Waals surface area contributed by atoms with Crippen molar-refractivity contribution in [1.29, 1.82) is 0 Å². The standard InChI is InChI=1S/C15H31N2O4P.BrH/c1-6-15(18)16-11-9-12-17(4,5)13-10-14-22(19,20-7-2)21-8-3;/h6H,1,7-14H2,2-5H3;1H. The van der Waals surface area contributed by atoms with Crippen LogP contribution < -0.4 is 22.3 Å². The predicted octanol–water partition coefficient (Wildman–Crippen LogP) is -0.585. The van der Waals surface area contributed by atoms with E-state index in [0.717, 1.165) is 30.4 Å². The molecule has 23 heavy (non-hydrogen) atoms. The highest BCUT2D eigenvalue weighted by Gasteiger charge is 2.25. The van der Waals surface area contributed by atoms with E-state index in [9.17, 15) is 9.36 Å². The third-order valence-electron chi connectivity index (χ3n) is 3.27. The lowest BCUT2D eigenvalue weighted by molar-refractivity contribution is -0.890. The molecule has 0 aromatic rings. The maximum absolute atomic E-state index is 12.4. The number of hydrogen-bond acceptors (Lipinski definition) is 4. The topological polar surface area (TPSA) is 64.6 Å². The average molecular weight is 415 g/mol. The van der Waals surface area contributed by atoms with E-state index in [0.29, 0.717) is 25.9 Å². The van der Waals surface area contributed by atoms with Crippen LogP contribution in [0.4, 0.5) is 0 Å². The maximum Gasteiger partial charge on any atom is 0.330 e. The van der Waals surface area contributed by atoms with Crippen LogP contribution in [0.2, 0.25) is 0 Å². The van der Waals surface area contributed by atoms with E-state index < -0.39 is 7.60 Å². The molecule has 0 unspecified atom stereocenters. The molecule has 0 aromatic carbocycles. The van der Waals surface area contributed by atoms with Gasteiger partial charge in [-0.15, -0.1) is 0 Å². The Hall–Kier alpha value is -0.200. The van der Waals surface area contributed by atoms with Crippen molar-refractivity contribution in [2.75, 3.05) is 53.1 Å². The number of halogens is 1. The second kappa shape index (κ2) is 13.1. The Balaban J connectivity index is 0. The molecule has 0 aromatic heterocycles. The summed E-state index contributed by atoms with van der Waals surface area (Å²) in [5, 5.41) is 2.77. The van der Waals surface area contributed by atoms with Crippen molar-refractivity contribution >= 4 is 13.5 Å². The van der Waals surface area contributed by atoms with Crippen molar-refractivity contribution in [3.8, 4) is 0 Å². The first-order valence-corrected chi connectivity index (χ1v) is 9.61. The van der Waals surface area contributed by atoms with Gasteiger partial charge in [-0.1, -0.05) is 6.58 Å². The first kappa shape index (κ1) is 25.0. The smallest absolute Gasteiger partial charge is 0.330 e. The van der Waals surface area contributed by atoms with Crippen molar-refractivity contribution in [2.45, 2.75) is 26.7 Å². The Labute approximate surface area is 151 Å². The van der Waals surface area contributed by atoms with Gasteiger partial charge >= 0.3 is 7.60 Å². The van der Waals surface area contributed by atoms with Gasteiger partial charge in [-0.3, -0.25) is 9.36 Å². The van der Waals surface area contributed by atoms with E-state index in [2.05, 4.69) is 26.0 Å². The van der Waals surface area contributed by atoms with Crippen LogP contribution in [0.25, 0.3) is 0 Å². The molecule has 0 spiro atoms. The highest BCUT2D eigenvalue weighted by atomic mass is 79.9. The number of carbonyl (C=O) groups excluding carboxylic acids is 1. The van der Waals surface area contributed by atoms with Crippen molar-refractivity contribution in [3.05, 3.63) is 12.7 Å². The molecule has 6 nitrogen and oxygen atoms in total. The summed E-state index contributed by atoms with van der Waals surface area (Å²) < 4.78 is 23.7. The van der Waals surface area contributed by atoms with E-state index >= 15 is 0 Å². The van der Waals surface area contributed by atoms with Crippen LogP contribution in [-0.4, -0.2) is 63.5 Å². The van der Waals surface area contributed by atoms with Crippen molar-refractivity contribution < 1.29 is 39.9 Å². The van der Waals surface area contributed by atoms with Crippen LogP contribution in [0.3, 0.4) is 0 Å². The Kier molecular flexibility index (Phi) is 14.3. The quantitative estimate of drug-likeness (QED) is 0.189. The largest absolute Gasteiger partial charge is 1.00 e. The molecular formula is C15H32BrN2O4P. The van der Waals surface area contributed by atoms with Crippen LogP contribution in [-0.2, 0) is 18.4 Å². The van der Waals surface area contributed by atoms with E-state index in [1.54, 1.807) is 0 Å². The van der Waals surface area contributed by atoms with Gasteiger partial charge in [0.2, 0.25) is 5.91 Å². The van der Waals surface area contributed by atoms with Gasteiger partial charge in [0.05, 0.1) is 46.6 Å². The number of nitrogens with zero attached hydrogens (tertiary/aromatic N) is 1. The molecule has 0 saturated heterocycles. The minimum absolute atomic E-state index is 0. The Morgan fingerprint density at radius 1 is 1.17 bits per heavy atom. The van der Waals surface area contributed by atoms with Crippen molar-refractivity contribution in [1.82, 2.24) is 5.32 Å². The van der Waals surface area contributed by atoms with Crippen LogP contribution in [0.15, 0.2) is 12.7 Å². The van der Waals surface area contributed by atoms with Crippen LogP contribution >= 0.6 is 7.60 Å². The van der Waals surface area contributed by atoms with Gasteiger partial charge in [0, 0.05) is 19.4 Å². The lowest BCUT2D eigenvalue weighted by Gasteiger charge is -2.30. The van der Waals surface area contributed by atoms with Gasteiger partial charge in [-0.05, 0) is 19.9 Å². The van der Waals surface area contributed by atoms with E-state index in [-0.39, 0.29) is 22.9 Å². The number of hydrogen-bond donors (Lipinski definition) is 1. The molecule has 0 bridgehead atoms. The molecule has 1 amide bonds. The third kappa shape index (κ3) is 12.8. The average Bonchev–Trinajstić information content (AvgIpc) is 2.43. The Morgan fingerprint density at radius 2 is 1.70 bits per heavy atom. The minimum Gasteiger partial charge on any atom is -1.00 e. The number of amides is 1. The van der Waals surface area contributed by atoms with Gasteiger partial charge in [-0.2, -0.15) is 0 Å². The number of carbonyl (C=O) groups is 1. The van der Waals surface area contributed by atoms with Gasteiger partial charge in [0.25, 0.3) is 0 Å². The Morgan fingerprint density at radius 3 is 2.17 bits per heavy atom. The van der Waals surface area contributed by atoms with Crippen LogP contribution in [0.1, 0.15) is 26.7 Å². The van der Waals surface area contributed by atoms with Gasteiger partial charge in [0.1, 0.15) is 0 Å². The van der Waals surface area contributed by atoms with E-state index in [4.69, 9.17) is 9.05 Å². The molecule has 138 valence electrons. The molecule has 0 fully saturated rings. The molecule has 0 rings (SSSR count). The summed E-state index contributed by atoms with van der Waals surface area (Å²) in [5.74, 6) is -0.139. The summed E-state index contributed by atoms with van der Waals surface area (Å²) >= 11 is 0. The summed E-state index contributed by atoms with van der Waals surface area (Å²) in [4.78, 5) is 11.0. The summed E-state index contributed by atoms with van der Waals surface area (Å²) in [6, 6.07) is 0. The number of nitrogens with one attached hydrogen (secondary N) is 1. The molecule has 0 aliphatic rings. The fourth-order valence-corrected chi connectivity index (χ4v) is 3.80. The third-order valence-corrected chi connectivity index (χ3v) is 5.44. The van der Waals surface area contributed by atoms with Crippen molar-refractivity contribution in [3.63, 3.8) is 0 Å². The molecule has 0 heterocycles. The van der Waals surface area contributed by atoms with Crippen LogP contribution in [0, 0.1) is 0 Å². The molecule has 8 heteroatoms. The number of quaternary nitrogens is 1. The summed E-state index contributed by atoms with van der Waals surface area (Å²) in [6.45, 7) is 10.3. The summed E-state index contributed by atoms with van der Waals surface area (Å²) in [7, 11) is 1.32. The molecule has 0 aliphatic heterocycles. The lowest BCUT2D eigenvalue weighted by atomic mass is 10.3. The monoisotopic (exact) mass is 414 g/mol. The highest BCUT2D eigenvalue weighted by molar-refractivity contribution is 7.53. The fraction of sp³-hybridized carbons (Fsp3) is 0.800. The molecule has 0 saturated carbocycles. The molecule has 1 N–H and O–H groups in total. The zero-order valence-electron chi connectivity index (χ0n) is 14.8. The summed E-state index contributed by atoms with van der Waals surface area (Å²) in [5.41, 5.74) is 0. The highest BCUT2D eigenvalue weighted by Crippen LogP contribution is 2.48.